The Hall–Kier alpha value is -2.22. The third-order valence-corrected chi connectivity index (χ3v) is 2.80. The van der Waals surface area contributed by atoms with Crippen molar-refractivity contribution in [3.63, 3.8) is 0 Å². The first-order valence-corrected chi connectivity index (χ1v) is 6.05. The molecule has 0 spiro atoms. The molecule has 8 nitrogen and oxygen atoms in total. The fourth-order valence-corrected chi connectivity index (χ4v) is 1.37. The molecule has 0 aliphatic carbocycles. The van der Waals surface area contributed by atoms with Gasteiger partial charge in [0.25, 0.3) is 5.95 Å². The van der Waals surface area contributed by atoms with Crippen LogP contribution in [0.3, 0.4) is 0 Å². The zero-order valence-electron chi connectivity index (χ0n) is 11.3. The Morgan fingerprint density at radius 2 is 2.00 bits per heavy atom. The van der Waals surface area contributed by atoms with Gasteiger partial charge in [-0.05, 0) is 26.3 Å². The van der Waals surface area contributed by atoms with E-state index in [1.165, 1.54) is 0 Å². The van der Waals surface area contributed by atoms with E-state index >= 15 is 0 Å². The van der Waals surface area contributed by atoms with Crippen molar-refractivity contribution in [2.24, 2.45) is 5.84 Å². The van der Waals surface area contributed by atoms with E-state index in [-0.39, 0.29) is 11.5 Å². The van der Waals surface area contributed by atoms with Gasteiger partial charge in [-0.2, -0.15) is 20.1 Å². The van der Waals surface area contributed by atoms with Crippen LogP contribution in [0.4, 0.5) is 11.9 Å². The van der Waals surface area contributed by atoms with E-state index in [1.807, 2.05) is 0 Å². The molecule has 0 aromatic carbocycles. The SMILES string of the molecule is CCC(C)(C)Nc1nc(NN)nc(-n2cccn2)n1. The molecule has 2 aromatic heterocycles. The van der Waals surface area contributed by atoms with Crippen molar-refractivity contribution in [1.29, 1.82) is 0 Å². The van der Waals surface area contributed by atoms with Crippen LogP contribution in [0.1, 0.15) is 27.2 Å². The molecule has 19 heavy (non-hydrogen) atoms. The topological polar surface area (TPSA) is 107 Å². The summed E-state index contributed by atoms with van der Waals surface area (Å²) >= 11 is 0. The molecule has 0 unspecified atom stereocenters. The van der Waals surface area contributed by atoms with Gasteiger partial charge in [-0.15, -0.1) is 0 Å². The third kappa shape index (κ3) is 3.16. The molecule has 0 bridgehead atoms. The summed E-state index contributed by atoms with van der Waals surface area (Å²) in [7, 11) is 0. The van der Waals surface area contributed by atoms with Gasteiger partial charge in [0.15, 0.2) is 0 Å². The first-order valence-electron chi connectivity index (χ1n) is 6.05. The minimum atomic E-state index is -0.116. The number of rotatable bonds is 5. The molecule has 8 heteroatoms. The molecule has 2 heterocycles. The maximum Gasteiger partial charge on any atom is 0.257 e. The Labute approximate surface area is 111 Å². The number of nitrogens with zero attached hydrogens (tertiary/aromatic N) is 5. The molecule has 0 aliphatic heterocycles. The number of anilines is 2. The molecular weight excluding hydrogens is 244 g/mol. The second-order valence-corrected chi connectivity index (χ2v) is 4.74. The summed E-state index contributed by atoms with van der Waals surface area (Å²) in [5, 5.41) is 7.33. The van der Waals surface area contributed by atoms with Crippen molar-refractivity contribution in [3.8, 4) is 5.95 Å². The summed E-state index contributed by atoms with van der Waals surface area (Å²) in [4.78, 5) is 12.7. The Morgan fingerprint density at radius 3 is 2.58 bits per heavy atom. The zero-order chi connectivity index (χ0) is 13.9. The van der Waals surface area contributed by atoms with Crippen LogP contribution in [0, 0.1) is 0 Å². The Balaban J connectivity index is 2.37. The first kappa shape index (κ1) is 13.2. The number of nitrogens with one attached hydrogen (secondary N) is 2. The minimum Gasteiger partial charge on any atom is -0.349 e. The summed E-state index contributed by atoms with van der Waals surface area (Å²) in [5.74, 6) is 6.53. The number of nitrogens with two attached hydrogens (primary N) is 1. The standard InChI is InChI=1S/C11H18N8/c1-4-11(2,3)17-8-14-9(18-12)16-10(15-8)19-7-5-6-13-19/h5-7H,4,12H2,1-3H3,(H2,14,15,16,17,18). The quantitative estimate of drug-likeness (QED) is 0.544. The van der Waals surface area contributed by atoms with E-state index in [0.717, 1.165) is 6.42 Å². The van der Waals surface area contributed by atoms with Gasteiger partial charge < -0.3 is 5.32 Å². The van der Waals surface area contributed by atoms with Crippen molar-refractivity contribution in [1.82, 2.24) is 24.7 Å². The van der Waals surface area contributed by atoms with E-state index in [9.17, 15) is 0 Å². The highest BCUT2D eigenvalue weighted by molar-refractivity contribution is 5.38. The number of hydrazine groups is 1. The molecule has 2 rings (SSSR count). The van der Waals surface area contributed by atoms with Crippen molar-refractivity contribution < 1.29 is 0 Å². The molecule has 0 aliphatic rings. The monoisotopic (exact) mass is 262 g/mol. The smallest absolute Gasteiger partial charge is 0.257 e. The van der Waals surface area contributed by atoms with Crippen LogP contribution >= 0.6 is 0 Å². The largest absolute Gasteiger partial charge is 0.349 e. The van der Waals surface area contributed by atoms with E-state index in [2.05, 4.69) is 51.6 Å². The molecular formula is C11H18N8. The number of hydrogen-bond donors (Lipinski definition) is 3. The maximum atomic E-state index is 5.38. The van der Waals surface area contributed by atoms with Crippen LogP contribution in [0.25, 0.3) is 5.95 Å². The Kier molecular flexibility index (Phi) is 3.61. The zero-order valence-corrected chi connectivity index (χ0v) is 11.3. The molecule has 0 saturated carbocycles. The molecule has 0 fully saturated rings. The van der Waals surface area contributed by atoms with Gasteiger partial charge >= 0.3 is 0 Å². The molecule has 0 radical (unpaired) electrons. The Bertz CT molecular complexity index is 534. The fraction of sp³-hybridized carbons (Fsp3) is 0.455. The molecule has 0 saturated heterocycles. The normalized spacial score (nSPS) is 11.4. The van der Waals surface area contributed by atoms with Crippen LogP contribution in [0.2, 0.25) is 0 Å². The summed E-state index contributed by atoms with van der Waals surface area (Å²) in [6.07, 6.45) is 4.34. The van der Waals surface area contributed by atoms with Crippen LogP contribution in [0.5, 0.6) is 0 Å². The van der Waals surface area contributed by atoms with Gasteiger partial charge in [0.2, 0.25) is 11.9 Å². The Morgan fingerprint density at radius 1 is 1.26 bits per heavy atom. The van der Waals surface area contributed by atoms with Gasteiger partial charge in [-0.3, -0.25) is 5.43 Å². The fourth-order valence-electron chi connectivity index (χ4n) is 1.37. The lowest BCUT2D eigenvalue weighted by Gasteiger charge is -2.24. The second kappa shape index (κ2) is 5.19. The summed E-state index contributed by atoms with van der Waals surface area (Å²) in [6.45, 7) is 6.23. The first-order chi connectivity index (χ1) is 9.04. The van der Waals surface area contributed by atoms with Gasteiger partial charge in [0.05, 0.1) is 0 Å². The highest BCUT2D eigenvalue weighted by atomic mass is 15.4. The average molecular weight is 262 g/mol. The molecule has 4 N–H and O–H groups in total. The predicted octanol–water partition coefficient (Wildman–Crippen LogP) is 0.943. The lowest BCUT2D eigenvalue weighted by molar-refractivity contribution is 0.541. The van der Waals surface area contributed by atoms with Gasteiger partial charge in [0, 0.05) is 17.9 Å². The van der Waals surface area contributed by atoms with Crippen LogP contribution in [0.15, 0.2) is 18.5 Å². The maximum absolute atomic E-state index is 5.38. The number of nitrogen functional groups attached to an aromatic ring is 1. The molecule has 2 aromatic rings. The number of aromatic nitrogens is 5. The van der Waals surface area contributed by atoms with Crippen molar-refractivity contribution in [3.05, 3.63) is 18.5 Å². The predicted molar refractivity (Wildman–Crippen MR) is 72.8 cm³/mol. The summed E-state index contributed by atoms with van der Waals surface area (Å²) in [5.41, 5.74) is 2.31. The summed E-state index contributed by atoms with van der Waals surface area (Å²) in [6, 6.07) is 1.79. The van der Waals surface area contributed by atoms with Crippen LogP contribution in [-0.4, -0.2) is 30.3 Å². The average Bonchev–Trinajstić information content (AvgIpc) is 2.91. The van der Waals surface area contributed by atoms with E-state index in [0.29, 0.717) is 11.9 Å². The van der Waals surface area contributed by atoms with E-state index < -0.39 is 0 Å². The van der Waals surface area contributed by atoms with Crippen molar-refractivity contribution >= 4 is 11.9 Å². The highest BCUT2D eigenvalue weighted by Gasteiger charge is 2.17. The second-order valence-electron chi connectivity index (χ2n) is 4.74. The molecule has 0 amide bonds. The molecule has 102 valence electrons. The summed E-state index contributed by atoms with van der Waals surface area (Å²) < 4.78 is 1.55. The van der Waals surface area contributed by atoms with Crippen molar-refractivity contribution in [2.45, 2.75) is 32.7 Å². The molecule has 0 atom stereocenters. The lowest BCUT2D eigenvalue weighted by atomic mass is 10.0. The van der Waals surface area contributed by atoms with E-state index in [4.69, 9.17) is 5.84 Å². The van der Waals surface area contributed by atoms with E-state index in [1.54, 1.807) is 23.1 Å². The van der Waals surface area contributed by atoms with Gasteiger partial charge in [0.1, 0.15) is 0 Å². The lowest BCUT2D eigenvalue weighted by Crippen LogP contribution is -2.31. The minimum absolute atomic E-state index is 0.116. The van der Waals surface area contributed by atoms with Gasteiger partial charge in [-0.25, -0.2) is 10.5 Å². The highest BCUT2D eigenvalue weighted by Crippen LogP contribution is 2.16. The van der Waals surface area contributed by atoms with Crippen LogP contribution < -0.4 is 16.6 Å². The van der Waals surface area contributed by atoms with Gasteiger partial charge in [-0.1, -0.05) is 6.92 Å². The van der Waals surface area contributed by atoms with Crippen LogP contribution in [-0.2, 0) is 0 Å². The third-order valence-electron chi connectivity index (χ3n) is 2.80. The van der Waals surface area contributed by atoms with Crippen molar-refractivity contribution in [2.75, 3.05) is 10.7 Å². The number of hydrogen-bond acceptors (Lipinski definition) is 7.